The lowest BCUT2D eigenvalue weighted by molar-refractivity contribution is -0.384. The summed E-state index contributed by atoms with van der Waals surface area (Å²) in [7, 11) is -1.21. The predicted octanol–water partition coefficient (Wildman–Crippen LogP) is 8.44. The van der Waals surface area contributed by atoms with Crippen LogP contribution in [0, 0.1) is 10.1 Å². The highest BCUT2D eigenvalue weighted by atomic mass is 28.3. The lowest BCUT2D eigenvalue weighted by Crippen LogP contribution is -2.51. The molecule has 3 heterocycles. The van der Waals surface area contributed by atoms with Crippen LogP contribution in [0.2, 0.25) is 25.7 Å². The largest absolute Gasteiger partial charge is 0.360 e. The molecule has 0 unspecified atom stereocenters. The topological polar surface area (TPSA) is 112 Å². The van der Waals surface area contributed by atoms with Gasteiger partial charge in [-0.15, -0.1) is 0 Å². The van der Waals surface area contributed by atoms with Crippen LogP contribution in [0.3, 0.4) is 0 Å². The number of aromatic nitrogens is 2. The molecular weight excluding hydrogens is 711 g/mol. The number of carbonyl (C=O) groups is 1. The Bertz CT molecular complexity index is 2100. The third-order valence-corrected chi connectivity index (χ3v) is 12.2. The second-order valence-electron chi connectivity index (χ2n) is 16.4. The maximum atomic E-state index is 15.4. The van der Waals surface area contributed by atoms with E-state index in [0.717, 1.165) is 33.6 Å². The number of hydrogen-bond acceptors (Lipinski definition) is 7. The van der Waals surface area contributed by atoms with Crippen molar-refractivity contribution in [3.8, 4) is 0 Å². The molecule has 2 aliphatic heterocycles. The molecule has 2 amide bonds. The molecule has 12 heteroatoms. The van der Waals surface area contributed by atoms with E-state index < -0.39 is 43.1 Å². The maximum absolute atomic E-state index is 15.4. The molecule has 0 radical (unpaired) electrons. The summed E-state index contributed by atoms with van der Waals surface area (Å²) in [5, 5.41) is 17.4. The molecule has 4 atom stereocenters. The molecule has 0 spiro atoms. The standard InChI is InChI=1S/C43H51N5O6Si/c1-43(2)53-40-38(25-31-13-8-6-9-14-31)45(28-33-17-12-18-36(24-33)48(50)51)42(49)46(39(41(40)54-43)26-32-15-10-7-11-16-32)29-34-19-20-37-35(23-34)27-44-47(37)30-52-21-22-55(3,4)5/h6-20,23-24,27,38-41H,21-22,25-26,28-30H2,1-5H3/t38-,39-,40+,41+/m1/s1. The molecule has 288 valence electrons. The first kappa shape index (κ1) is 38.4. The number of fused-ring (bicyclic) bond motifs is 2. The number of urea groups is 1. The number of hydrogen-bond donors (Lipinski definition) is 0. The van der Waals surface area contributed by atoms with Crippen LogP contribution in [-0.2, 0) is 46.9 Å². The lowest BCUT2D eigenvalue weighted by Gasteiger charge is -2.37. The minimum absolute atomic E-state index is 0.0204. The number of ether oxygens (including phenoxy) is 3. The SMILES string of the molecule is CC1(C)O[C@@H]2[C@@H](O1)[C@@H](Cc1ccccc1)N(Cc1ccc3c(cnn3COCC[Si](C)(C)C)c1)C(=O)N(Cc1cccc([N+](=O)[O-])c1)[C@@H]2Cc1ccccc1. The van der Waals surface area contributed by atoms with Crippen molar-refractivity contribution in [3.63, 3.8) is 0 Å². The number of rotatable bonds is 14. The normalized spacial score (nSPS) is 21.1. The quantitative estimate of drug-likeness (QED) is 0.0483. The Hall–Kier alpha value is -4.88. The second-order valence-corrected chi connectivity index (χ2v) is 22.1. The molecule has 7 rings (SSSR count). The maximum Gasteiger partial charge on any atom is 0.321 e. The van der Waals surface area contributed by atoms with Crippen molar-refractivity contribution in [1.29, 1.82) is 0 Å². The van der Waals surface area contributed by atoms with Gasteiger partial charge in [0.25, 0.3) is 5.69 Å². The molecule has 2 aliphatic rings. The zero-order valence-corrected chi connectivity index (χ0v) is 33.3. The Morgan fingerprint density at radius 3 is 1.91 bits per heavy atom. The minimum Gasteiger partial charge on any atom is -0.360 e. The molecule has 5 aromatic rings. The Labute approximate surface area is 324 Å². The van der Waals surface area contributed by atoms with Gasteiger partial charge in [0.05, 0.1) is 28.7 Å². The molecule has 4 aromatic carbocycles. The van der Waals surface area contributed by atoms with Gasteiger partial charge in [-0.1, -0.05) is 98.5 Å². The van der Waals surface area contributed by atoms with Gasteiger partial charge in [0.1, 0.15) is 18.9 Å². The number of nitrogens with zero attached hydrogens (tertiary/aromatic N) is 5. The molecule has 0 bridgehead atoms. The number of benzene rings is 4. The number of carbonyl (C=O) groups excluding carboxylic acids is 1. The van der Waals surface area contributed by atoms with Crippen molar-refractivity contribution in [1.82, 2.24) is 19.6 Å². The average Bonchev–Trinajstić information content (AvgIpc) is 3.70. The zero-order chi connectivity index (χ0) is 38.7. The number of nitro benzene ring substituents is 1. The summed E-state index contributed by atoms with van der Waals surface area (Å²) in [6.07, 6.45) is 1.95. The van der Waals surface area contributed by atoms with Gasteiger partial charge in [0, 0.05) is 45.3 Å². The van der Waals surface area contributed by atoms with Gasteiger partial charge in [-0.25, -0.2) is 9.48 Å². The highest BCUT2D eigenvalue weighted by molar-refractivity contribution is 6.76. The number of amides is 2. The Morgan fingerprint density at radius 2 is 1.35 bits per heavy atom. The molecule has 0 N–H and O–H groups in total. The van der Waals surface area contributed by atoms with E-state index in [1.807, 2.05) is 83.1 Å². The molecular formula is C43H51N5O6Si. The molecule has 2 saturated heterocycles. The summed E-state index contributed by atoms with van der Waals surface area (Å²) < 4.78 is 21.5. The van der Waals surface area contributed by atoms with E-state index in [1.165, 1.54) is 6.07 Å². The van der Waals surface area contributed by atoms with Crippen LogP contribution < -0.4 is 0 Å². The minimum atomic E-state index is -1.21. The zero-order valence-electron chi connectivity index (χ0n) is 32.3. The van der Waals surface area contributed by atoms with Crippen LogP contribution in [0.1, 0.15) is 36.1 Å². The van der Waals surface area contributed by atoms with Gasteiger partial charge in [-0.3, -0.25) is 10.1 Å². The average molecular weight is 762 g/mol. The van der Waals surface area contributed by atoms with Gasteiger partial charge in [-0.2, -0.15) is 5.10 Å². The van der Waals surface area contributed by atoms with Crippen molar-refractivity contribution in [2.75, 3.05) is 6.61 Å². The molecule has 55 heavy (non-hydrogen) atoms. The van der Waals surface area contributed by atoms with Crippen LogP contribution in [0.15, 0.2) is 109 Å². The van der Waals surface area contributed by atoms with Gasteiger partial charge >= 0.3 is 6.03 Å². The van der Waals surface area contributed by atoms with E-state index in [9.17, 15) is 10.1 Å². The van der Waals surface area contributed by atoms with E-state index in [-0.39, 0.29) is 18.3 Å². The third kappa shape index (κ3) is 9.16. The van der Waals surface area contributed by atoms with Gasteiger partial charge < -0.3 is 24.0 Å². The number of nitro groups is 1. The predicted molar refractivity (Wildman–Crippen MR) is 215 cm³/mol. The second kappa shape index (κ2) is 16.1. The van der Waals surface area contributed by atoms with Gasteiger partial charge in [0.2, 0.25) is 0 Å². The first-order chi connectivity index (χ1) is 26.3. The monoisotopic (exact) mass is 761 g/mol. The highest BCUT2D eigenvalue weighted by Crippen LogP contribution is 2.41. The van der Waals surface area contributed by atoms with Crippen molar-refractivity contribution < 1.29 is 23.9 Å². The fourth-order valence-electron chi connectivity index (χ4n) is 7.78. The Balaban J connectivity index is 1.28. The first-order valence-corrected chi connectivity index (χ1v) is 22.8. The van der Waals surface area contributed by atoms with E-state index >= 15 is 4.79 Å². The third-order valence-electron chi connectivity index (χ3n) is 10.5. The fourth-order valence-corrected chi connectivity index (χ4v) is 8.53. The Morgan fingerprint density at radius 1 is 0.782 bits per heavy atom. The van der Waals surface area contributed by atoms with E-state index in [4.69, 9.17) is 14.2 Å². The summed E-state index contributed by atoms with van der Waals surface area (Å²) in [4.78, 5) is 30.6. The highest BCUT2D eigenvalue weighted by Gasteiger charge is 2.55. The van der Waals surface area contributed by atoms with Gasteiger partial charge in [-0.05, 0) is 67.1 Å². The fraction of sp³-hybridized carbons (Fsp3) is 0.395. The summed E-state index contributed by atoms with van der Waals surface area (Å²) in [5.41, 5.74) is 4.69. The van der Waals surface area contributed by atoms with Crippen LogP contribution in [0.25, 0.3) is 10.9 Å². The van der Waals surface area contributed by atoms with Crippen molar-refractivity contribution in [3.05, 3.63) is 142 Å². The van der Waals surface area contributed by atoms with E-state index in [0.29, 0.717) is 38.3 Å². The van der Waals surface area contributed by atoms with Crippen molar-refractivity contribution in [2.45, 2.75) is 102 Å². The lowest BCUT2D eigenvalue weighted by atomic mass is 9.91. The summed E-state index contributed by atoms with van der Waals surface area (Å²) in [5.74, 6) is -0.910. The van der Waals surface area contributed by atoms with Crippen molar-refractivity contribution in [2.24, 2.45) is 0 Å². The molecule has 11 nitrogen and oxygen atoms in total. The van der Waals surface area contributed by atoms with Gasteiger partial charge in [0.15, 0.2) is 5.79 Å². The summed E-state index contributed by atoms with van der Waals surface area (Å²) in [6.45, 7) is 12.4. The molecule has 0 saturated carbocycles. The molecule has 0 aliphatic carbocycles. The summed E-state index contributed by atoms with van der Waals surface area (Å²) >= 11 is 0. The van der Waals surface area contributed by atoms with E-state index in [2.05, 4.69) is 61.1 Å². The van der Waals surface area contributed by atoms with E-state index in [1.54, 1.807) is 12.1 Å². The number of non-ortho nitro benzene ring substituents is 1. The van der Waals surface area contributed by atoms with Crippen LogP contribution in [-0.4, -0.2) is 75.3 Å². The van der Waals surface area contributed by atoms with Crippen LogP contribution in [0.5, 0.6) is 0 Å². The van der Waals surface area contributed by atoms with Crippen LogP contribution >= 0.6 is 0 Å². The van der Waals surface area contributed by atoms with Crippen molar-refractivity contribution >= 4 is 30.7 Å². The summed E-state index contributed by atoms with van der Waals surface area (Å²) in [6, 6.07) is 33.1. The molecule has 1 aromatic heterocycles. The smallest absolute Gasteiger partial charge is 0.321 e. The molecule has 2 fully saturated rings. The first-order valence-electron chi connectivity index (χ1n) is 19.1. The van der Waals surface area contributed by atoms with Crippen LogP contribution in [0.4, 0.5) is 10.5 Å². The Kier molecular flexibility index (Phi) is 11.2.